The second-order valence-electron chi connectivity index (χ2n) is 4.15. The topological polar surface area (TPSA) is 58.4 Å². The van der Waals surface area contributed by atoms with Crippen LogP contribution in [0.2, 0.25) is 0 Å². The first-order valence-corrected chi connectivity index (χ1v) is 6.20. The van der Waals surface area contributed by atoms with E-state index in [4.69, 9.17) is 5.73 Å². The average Bonchev–Trinajstić information content (AvgIpc) is 2.25. The van der Waals surface area contributed by atoms with Gasteiger partial charge < -0.3 is 16.0 Å². The van der Waals surface area contributed by atoms with Gasteiger partial charge in [-0.3, -0.25) is 4.79 Å². The lowest BCUT2D eigenvalue weighted by Crippen LogP contribution is -2.23. The molecule has 4 nitrogen and oxygen atoms in total. The highest BCUT2D eigenvalue weighted by atomic mass is 79.9. The lowest BCUT2D eigenvalue weighted by atomic mass is 10.2. The molecule has 0 fully saturated rings. The minimum absolute atomic E-state index is 0.112. The van der Waals surface area contributed by atoms with Gasteiger partial charge in [-0.1, -0.05) is 0 Å². The lowest BCUT2D eigenvalue weighted by Gasteiger charge is -2.13. The Kier molecular flexibility index (Phi) is 4.81. The van der Waals surface area contributed by atoms with Crippen LogP contribution < -0.4 is 11.1 Å². The summed E-state index contributed by atoms with van der Waals surface area (Å²) in [5, 5.41) is 3.22. The van der Waals surface area contributed by atoms with Crippen LogP contribution in [0.15, 0.2) is 16.6 Å². The molecule has 1 rings (SSSR count). The Labute approximate surface area is 110 Å². The fourth-order valence-electron chi connectivity index (χ4n) is 1.36. The molecule has 1 aromatic rings. The highest BCUT2D eigenvalue weighted by Crippen LogP contribution is 2.27. The number of hydrogen-bond acceptors (Lipinski definition) is 3. The van der Waals surface area contributed by atoms with Crippen molar-refractivity contribution in [1.29, 1.82) is 0 Å². The minimum Gasteiger partial charge on any atom is -0.398 e. The number of nitrogens with zero attached hydrogens (tertiary/aromatic N) is 1. The molecule has 0 saturated heterocycles. The van der Waals surface area contributed by atoms with Gasteiger partial charge in [-0.05, 0) is 40.5 Å². The summed E-state index contributed by atoms with van der Waals surface area (Å²) < 4.78 is 0.915. The van der Waals surface area contributed by atoms with Gasteiger partial charge in [0, 0.05) is 42.9 Å². The van der Waals surface area contributed by atoms with Crippen molar-refractivity contribution in [3.63, 3.8) is 0 Å². The van der Waals surface area contributed by atoms with E-state index in [1.54, 1.807) is 19.0 Å². The molecule has 0 atom stereocenters. The summed E-state index contributed by atoms with van der Waals surface area (Å²) in [6.07, 6.45) is 0.475. The summed E-state index contributed by atoms with van der Waals surface area (Å²) in [6, 6.07) is 3.84. The maximum absolute atomic E-state index is 11.4. The quantitative estimate of drug-likeness (QED) is 0.838. The van der Waals surface area contributed by atoms with Gasteiger partial charge in [0.1, 0.15) is 0 Å². The molecule has 0 aliphatic carbocycles. The molecule has 3 N–H and O–H groups in total. The van der Waals surface area contributed by atoms with Gasteiger partial charge in [0.05, 0.1) is 0 Å². The highest BCUT2D eigenvalue weighted by Gasteiger charge is 2.06. The molecular formula is C12H18BrN3O. The van der Waals surface area contributed by atoms with Crippen LogP contribution in [-0.4, -0.2) is 31.4 Å². The molecule has 0 saturated carbocycles. The van der Waals surface area contributed by atoms with E-state index in [0.29, 0.717) is 13.0 Å². The van der Waals surface area contributed by atoms with Crippen LogP contribution in [-0.2, 0) is 4.79 Å². The van der Waals surface area contributed by atoms with Gasteiger partial charge in [-0.15, -0.1) is 0 Å². The summed E-state index contributed by atoms with van der Waals surface area (Å²) in [7, 11) is 3.51. The molecule has 0 aliphatic rings. The molecule has 0 spiro atoms. The highest BCUT2D eigenvalue weighted by molar-refractivity contribution is 9.10. The predicted octanol–water partition coefficient (Wildman–Crippen LogP) is 2.23. The molecule has 1 amide bonds. The van der Waals surface area contributed by atoms with Crippen molar-refractivity contribution in [3.05, 3.63) is 22.2 Å². The number of nitrogens with one attached hydrogen (secondary N) is 1. The number of rotatable bonds is 4. The molecule has 5 heteroatoms. The average molecular weight is 300 g/mol. The van der Waals surface area contributed by atoms with E-state index in [0.717, 1.165) is 21.4 Å². The molecule has 94 valence electrons. The lowest BCUT2D eigenvalue weighted by molar-refractivity contribution is -0.128. The van der Waals surface area contributed by atoms with Crippen LogP contribution in [0, 0.1) is 6.92 Å². The third-order valence-corrected chi connectivity index (χ3v) is 3.16. The summed E-state index contributed by atoms with van der Waals surface area (Å²) >= 11 is 3.44. The normalized spacial score (nSPS) is 10.1. The summed E-state index contributed by atoms with van der Waals surface area (Å²) in [5.41, 5.74) is 8.53. The van der Waals surface area contributed by atoms with Crippen molar-refractivity contribution in [3.8, 4) is 0 Å². The van der Waals surface area contributed by atoms with Crippen molar-refractivity contribution in [1.82, 2.24) is 4.90 Å². The Balaban J connectivity index is 2.58. The van der Waals surface area contributed by atoms with Crippen LogP contribution in [0.5, 0.6) is 0 Å². The monoisotopic (exact) mass is 299 g/mol. The molecule has 0 unspecified atom stereocenters. The van der Waals surface area contributed by atoms with E-state index in [1.165, 1.54) is 0 Å². The SMILES string of the molecule is Cc1cc(NCCC(=O)N(C)C)c(Br)cc1N. The van der Waals surface area contributed by atoms with Crippen LogP contribution in [0.1, 0.15) is 12.0 Å². The minimum atomic E-state index is 0.112. The van der Waals surface area contributed by atoms with Gasteiger partial charge >= 0.3 is 0 Å². The van der Waals surface area contributed by atoms with Crippen LogP contribution in [0.3, 0.4) is 0 Å². The van der Waals surface area contributed by atoms with Crippen molar-refractivity contribution >= 4 is 33.2 Å². The Morgan fingerprint density at radius 1 is 1.47 bits per heavy atom. The van der Waals surface area contributed by atoms with E-state index < -0.39 is 0 Å². The van der Waals surface area contributed by atoms with Crippen LogP contribution in [0.4, 0.5) is 11.4 Å². The number of nitrogens with two attached hydrogens (primary N) is 1. The maximum atomic E-state index is 11.4. The zero-order valence-corrected chi connectivity index (χ0v) is 12.0. The van der Waals surface area contributed by atoms with Gasteiger partial charge in [0.2, 0.25) is 5.91 Å². The molecule has 0 heterocycles. The van der Waals surface area contributed by atoms with Crippen molar-refractivity contribution < 1.29 is 4.79 Å². The number of benzene rings is 1. The number of anilines is 2. The number of hydrogen-bond donors (Lipinski definition) is 2. The predicted molar refractivity (Wildman–Crippen MR) is 75.1 cm³/mol. The number of nitrogen functional groups attached to an aromatic ring is 1. The van der Waals surface area contributed by atoms with E-state index in [1.807, 2.05) is 19.1 Å². The number of halogens is 1. The fraction of sp³-hybridized carbons (Fsp3) is 0.417. The van der Waals surface area contributed by atoms with E-state index in [2.05, 4.69) is 21.2 Å². The van der Waals surface area contributed by atoms with Crippen molar-refractivity contribution in [2.24, 2.45) is 0 Å². The maximum Gasteiger partial charge on any atom is 0.223 e. The fourth-order valence-corrected chi connectivity index (χ4v) is 1.86. The van der Waals surface area contributed by atoms with E-state index >= 15 is 0 Å². The number of carbonyl (C=O) groups excluding carboxylic acids is 1. The van der Waals surface area contributed by atoms with Gasteiger partial charge in [-0.25, -0.2) is 0 Å². The van der Waals surface area contributed by atoms with E-state index in [-0.39, 0.29) is 5.91 Å². The second kappa shape index (κ2) is 5.91. The van der Waals surface area contributed by atoms with Gasteiger partial charge in [0.25, 0.3) is 0 Å². The van der Waals surface area contributed by atoms with Gasteiger partial charge in [0.15, 0.2) is 0 Å². The Morgan fingerprint density at radius 3 is 2.71 bits per heavy atom. The largest absolute Gasteiger partial charge is 0.398 e. The number of aryl methyl sites for hydroxylation is 1. The van der Waals surface area contributed by atoms with Crippen molar-refractivity contribution in [2.45, 2.75) is 13.3 Å². The Morgan fingerprint density at radius 2 is 2.12 bits per heavy atom. The molecule has 0 aromatic heterocycles. The van der Waals surface area contributed by atoms with Crippen molar-refractivity contribution in [2.75, 3.05) is 31.7 Å². The summed E-state index contributed by atoms with van der Waals surface area (Å²) in [4.78, 5) is 13.0. The first-order valence-electron chi connectivity index (χ1n) is 5.41. The van der Waals surface area contributed by atoms with E-state index in [9.17, 15) is 4.79 Å². The zero-order valence-electron chi connectivity index (χ0n) is 10.4. The first kappa shape index (κ1) is 13.8. The Hall–Kier alpha value is -1.23. The van der Waals surface area contributed by atoms with Gasteiger partial charge in [-0.2, -0.15) is 0 Å². The number of amides is 1. The molecule has 0 aliphatic heterocycles. The summed E-state index contributed by atoms with van der Waals surface area (Å²) in [5.74, 6) is 0.112. The molecule has 0 radical (unpaired) electrons. The third-order valence-electron chi connectivity index (χ3n) is 2.51. The third kappa shape index (κ3) is 3.93. The standard InChI is InChI=1S/C12H18BrN3O/c1-8-6-11(9(13)7-10(8)14)15-5-4-12(17)16(2)3/h6-7,15H,4-5,14H2,1-3H3. The first-order chi connectivity index (χ1) is 7.91. The second-order valence-corrected chi connectivity index (χ2v) is 5.01. The smallest absolute Gasteiger partial charge is 0.223 e. The number of carbonyl (C=O) groups is 1. The van der Waals surface area contributed by atoms with Crippen LogP contribution >= 0.6 is 15.9 Å². The zero-order chi connectivity index (χ0) is 13.0. The van der Waals surface area contributed by atoms with Crippen LogP contribution in [0.25, 0.3) is 0 Å². The summed E-state index contributed by atoms with van der Waals surface area (Å²) in [6.45, 7) is 2.57. The molecule has 17 heavy (non-hydrogen) atoms. The molecule has 0 bridgehead atoms. The molecule has 1 aromatic carbocycles. The Bertz CT molecular complexity index is 418. The molecular weight excluding hydrogens is 282 g/mol.